The summed E-state index contributed by atoms with van der Waals surface area (Å²) in [6.07, 6.45) is 1.62. The quantitative estimate of drug-likeness (QED) is 0.642. The van der Waals surface area contributed by atoms with E-state index in [9.17, 15) is 19.8 Å². The first-order valence-electron chi connectivity index (χ1n) is 7.10. The summed E-state index contributed by atoms with van der Waals surface area (Å²) in [5.74, 6) is -1.61. The van der Waals surface area contributed by atoms with Crippen molar-refractivity contribution in [3.63, 3.8) is 0 Å². The summed E-state index contributed by atoms with van der Waals surface area (Å²) in [6, 6.07) is 7.18. The molecule has 23 heavy (non-hydrogen) atoms. The molecule has 0 atom stereocenters. The molecular formula is C16H16N2O5-2. The Hall–Kier alpha value is -2.83. The monoisotopic (exact) mass is 316 g/mol. The fourth-order valence-electron chi connectivity index (χ4n) is 2.19. The minimum Gasteiger partial charge on any atom is -0.550 e. The highest BCUT2D eigenvalue weighted by atomic mass is 16.5. The lowest BCUT2D eigenvalue weighted by Crippen LogP contribution is -2.23. The molecule has 0 saturated carbocycles. The van der Waals surface area contributed by atoms with Crippen molar-refractivity contribution in [1.29, 1.82) is 0 Å². The lowest BCUT2D eigenvalue weighted by Gasteiger charge is -2.05. The first kappa shape index (κ1) is 16.5. The van der Waals surface area contributed by atoms with Crippen LogP contribution in [0.3, 0.4) is 0 Å². The van der Waals surface area contributed by atoms with Gasteiger partial charge in [0.05, 0.1) is 12.8 Å². The van der Waals surface area contributed by atoms with Crippen molar-refractivity contribution in [1.82, 2.24) is 9.78 Å². The number of nitrogens with zero attached hydrogens (tertiary/aromatic N) is 2. The van der Waals surface area contributed by atoms with E-state index in [2.05, 4.69) is 5.10 Å². The van der Waals surface area contributed by atoms with Gasteiger partial charge in [-0.2, -0.15) is 5.10 Å². The van der Waals surface area contributed by atoms with Crippen LogP contribution < -0.4 is 14.9 Å². The van der Waals surface area contributed by atoms with E-state index in [1.807, 2.05) is 12.1 Å². The van der Waals surface area contributed by atoms with Crippen LogP contribution in [0.4, 0.5) is 0 Å². The second-order valence-corrected chi connectivity index (χ2v) is 4.99. The van der Waals surface area contributed by atoms with Gasteiger partial charge in [-0.15, -0.1) is 0 Å². The zero-order valence-electron chi connectivity index (χ0n) is 12.7. The molecule has 1 aromatic carbocycles. The summed E-state index contributed by atoms with van der Waals surface area (Å²) >= 11 is 0. The maximum absolute atomic E-state index is 10.7. The molecule has 0 amide bonds. The summed E-state index contributed by atoms with van der Waals surface area (Å²) in [5.41, 5.74) is 2.14. The van der Waals surface area contributed by atoms with E-state index in [0.29, 0.717) is 11.4 Å². The molecule has 0 N–H and O–H groups in total. The Morgan fingerprint density at radius 1 is 1.13 bits per heavy atom. The number of hydrogen-bond donors (Lipinski definition) is 0. The third kappa shape index (κ3) is 4.57. The summed E-state index contributed by atoms with van der Waals surface area (Å²) in [4.78, 5) is 21.3. The Bertz CT molecular complexity index is 691. The van der Waals surface area contributed by atoms with Gasteiger partial charge in [0.2, 0.25) is 0 Å². The van der Waals surface area contributed by atoms with Crippen LogP contribution in [-0.2, 0) is 22.6 Å². The highest BCUT2D eigenvalue weighted by molar-refractivity contribution is 5.67. The van der Waals surface area contributed by atoms with Crippen molar-refractivity contribution >= 4 is 11.9 Å². The van der Waals surface area contributed by atoms with Gasteiger partial charge in [-0.05, 0) is 42.7 Å². The Kier molecular flexibility index (Phi) is 5.35. The van der Waals surface area contributed by atoms with Crippen LogP contribution in [0.5, 0.6) is 5.75 Å². The highest BCUT2D eigenvalue weighted by Crippen LogP contribution is 2.25. The molecule has 122 valence electrons. The largest absolute Gasteiger partial charge is 0.550 e. The minimum atomic E-state index is -1.16. The van der Waals surface area contributed by atoms with Crippen molar-refractivity contribution in [3.8, 4) is 17.0 Å². The fraction of sp³-hybridized carbons (Fsp3) is 0.312. The van der Waals surface area contributed by atoms with Gasteiger partial charge in [0.15, 0.2) is 0 Å². The van der Waals surface area contributed by atoms with E-state index >= 15 is 0 Å². The molecule has 1 aromatic heterocycles. The molecule has 0 unspecified atom stereocenters. The predicted molar refractivity (Wildman–Crippen MR) is 77.2 cm³/mol. The maximum atomic E-state index is 10.7. The topological polar surface area (TPSA) is 107 Å². The van der Waals surface area contributed by atoms with Gasteiger partial charge in [0.1, 0.15) is 5.75 Å². The third-order valence-electron chi connectivity index (χ3n) is 3.34. The van der Waals surface area contributed by atoms with Crippen LogP contribution >= 0.6 is 0 Å². The number of carbonyl (C=O) groups excluding carboxylic acids is 2. The maximum Gasteiger partial charge on any atom is 0.118 e. The molecule has 0 bridgehead atoms. The molecule has 2 rings (SSSR count). The average molecular weight is 316 g/mol. The SMILES string of the molecule is COc1ccc(-c2nn(CCC(=O)[O-])cc2CCC(=O)[O-])cc1. The van der Waals surface area contributed by atoms with Crippen molar-refractivity contribution in [3.05, 3.63) is 36.0 Å². The first-order chi connectivity index (χ1) is 11.0. The van der Waals surface area contributed by atoms with E-state index in [4.69, 9.17) is 4.74 Å². The summed E-state index contributed by atoms with van der Waals surface area (Å²) in [7, 11) is 1.56. The second-order valence-electron chi connectivity index (χ2n) is 4.99. The number of carboxylic acid groups (broad SMARTS) is 2. The number of hydrogen-bond acceptors (Lipinski definition) is 6. The number of carbonyl (C=O) groups is 2. The summed E-state index contributed by atoms with van der Waals surface area (Å²) in [5, 5.41) is 25.6. The van der Waals surface area contributed by atoms with Crippen LogP contribution in [0.15, 0.2) is 30.5 Å². The third-order valence-corrected chi connectivity index (χ3v) is 3.34. The van der Waals surface area contributed by atoms with Gasteiger partial charge >= 0.3 is 0 Å². The Morgan fingerprint density at radius 2 is 1.78 bits per heavy atom. The molecule has 7 heteroatoms. The van der Waals surface area contributed by atoms with E-state index in [0.717, 1.165) is 11.1 Å². The number of aryl methyl sites for hydroxylation is 2. The molecule has 0 fully saturated rings. The van der Waals surface area contributed by atoms with Gasteiger partial charge in [0.25, 0.3) is 0 Å². The zero-order valence-corrected chi connectivity index (χ0v) is 12.7. The van der Waals surface area contributed by atoms with Gasteiger partial charge in [-0.3, -0.25) is 4.68 Å². The number of ether oxygens (including phenoxy) is 1. The molecule has 0 aliphatic carbocycles. The van der Waals surface area contributed by atoms with Gasteiger partial charge < -0.3 is 24.5 Å². The van der Waals surface area contributed by atoms with Crippen molar-refractivity contribution in [2.24, 2.45) is 0 Å². The number of rotatable bonds is 8. The van der Waals surface area contributed by atoms with Gasteiger partial charge in [-0.25, -0.2) is 0 Å². The zero-order chi connectivity index (χ0) is 16.8. The van der Waals surface area contributed by atoms with Crippen LogP contribution in [0.2, 0.25) is 0 Å². The molecular weight excluding hydrogens is 300 g/mol. The average Bonchev–Trinajstić information content (AvgIpc) is 2.94. The Morgan fingerprint density at radius 3 is 2.35 bits per heavy atom. The minimum absolute atomic E-state index is 0.130. The molecule has 2 aromatic rings. The molecule has 0 radical (unpaired) electrons. The Labute approximate surface area is 133 Å². The van der Waals surface area contributed by atoms with Crippen molar-refractivity contribution in [2.45, 2.75) is 25.8 Å². The second kappa shape index (κ2) is 7.44. The lowest BCUT2D eigenvalue weighted by molar-refractivity contribution is -0.307. The number of aliphatic carboxylic acids is 2. The van der Waals surface area contributed by atoms with Crippen LogP contribution in [0.1, 0.15) is 18.4 Å². The number of carboxylic acids is 2. The highest BCUT2D eigenvalue weighted by Gasteiger charge is 2.11. The first-order valence-corrected chi connectivity index (χ1v) is 7.10. The molecule has 0 aliphatic rings. The summed E-state index contributed by atoms with van der Waals surface area (Å²) in [6.45, 7) is 0.164. The van der Waals surface area contributed by atoms with Gasteiger partial charge in [-0.1, -0.05) is 0 Å². The molecule has 0 saturated heterocycles. The van der Waals surface area contributed by atoms with E-state index < -0.39 is 11.9 Å². The number of aromatic nitrogens is 2. The molecule has 7 nitrogen and oxygen atoms in total. The standard InChI is InChI=1S/C16H18N2O5/c1-23-13-5-2-11(3-6-13)16-12(4-7-14(19)20)10-18(17-16)9-8-15(21)22/h2-3,5-6,10H,4,7-9H2,1H3,(H,19,20)(H,21,22)/p-2. The van der Waals surface area contributed by atoms with E-state index in [1.165, 1.54) is 4.68 Å². The molecule has 1 heterocycles. The van der Waals surface area contributed by atoms with Crippen LogP contribution in [-0.4, -0.2) is 28.8 Å². The predicted octanol–water partition coefficient (Wildman–Crippen LogP) is -0.619. The molecule has 0 aliphatic heterocycles. The fourth-order valence-corrected chi connectivity index (χ4v) is 2.19. The lowest BCUT2D eigenvalue weighted by atomic mass is 10.0. The van der Waals surface area contributed by atoms with Crippen LogP contribution in [0, 0.1) is 0 Å². The normalized spacial score (nSPS) is 10.5. The smallest absolute Gasteiger partial charge is 0.118 e. The van der Waals surface area contributed by atoms with E-state index in [1.54, 1.807) is 25.4 Å². The van der Waals surface area contributed by atoms with E-state index in [-0.39, 0.29) is 25.8 Å². The molecule has 0 spiro atoms. The van der Waals surface area contributed by atoms with Crippen LogP contribution in [0.25, 0.3) is 11.3 Å². The van der Waals surface area contributed by atoms with Gasteiger partial charge in [0, 0.05) is 36.7 Å². The van der Waals surface area contributed by atoms with Crippen molar-refractivity contribution in [2.75, 3.05) is 7.11 Å². The number of methoxy groups -OCH3 is 1. The summed E-state index contributed by atoms with van der Waals surface area (Å²) < 4.78 is 6.59. The Balaban J connectivity index is 2.29. The van der Waals surface area contributed by atoms with Crippen molar-refractivity contribution < 1.29 is 24.5 Å². The number of benzene rings is 1.